The number of anilines is 1. The zero-order valence-corrected chi connectivity index (χ0v) is 17.4. The number of methoxy groups -OCH3 is 1. The molecule has 1 aliphatic heterocycles. The summed E-state index contributed by atoms with van der Waals surface area (Å²) < 4.78 is 32.7. The first kappa shape index (κ1) is 20.6. The van der Waals surface area contributed by atoms with Gasteiger partial charge in [-0.1, -0.05) is 18.0 Å². The third kappa shape index (κ3) is 4.32. The summed E-state index contributed by atoms with van der Waals surface area (Å²) in [7, 11) is -2.21. The maximum atomic E-state index is 13.0. The van der Waals surface area contributed by atoms with E-state index in [1.54, 1.807) is 18.2 Å². The van der Waals surface area contributed by atoms with Gasteiger partial charge in [0, 0.05) is 23.8 Å². The molecule has 2 aromatic carbocycles. The molecule has 1 aliphatic rings. The Labute approximate surface area is 170 Å². The van der Waals surface area contributed by atoms with Gasteiger partial charge in [0.1, 0.15) is 5.75 Å². The van der Waals surface area contributed by atoms with Crippen LogP contribution in [0.1, 0.15) is 35.2 Å². The van der Waals surface area contributed by atoms with Crippen molar-refractivity contribution >= 4 is 33.2 Å². The molecule has 1 heterocycles. The number of hydrogen-bond donors (Lipinski definition) is 1. The molecule has 6 nitrogen and oxygen atoms in total. The van der Waals surface area contributed by atoms with Gasteiger partial charge in [-0.2, -0.15) is 4.31 Å². The number of rotatable bonds is 5. The molecular formula is C20H23ClN2O4S. The third-order valence-corrected chi connectivity index (χ3v) is 6.93. The molecule has 0 bridgehead atoms. The zero-order valence-electron chi connectivity index (χ0n) is 15.9. The molecule has 2 aromatic rings. The van der Waals surface area contributed by atoms with Crippen molar-refractivity contribution < 1.29 is 17.9 Å². The smallest absolute Gasteiger partial charge is 0.259 e. The number of carbonyl (C=O) groups excluding carboxylic acids is 1. The summed E-state index contributed by atoms with van der Waals surface area (Å²) in [6.07, 6.45) is 2.72. The number of carbonyl (C=O) groups is 1. The van der Waals surface area contributed by atoms with E-state index in [-0.39, 0.29) is 10.5 Å². The quantitative estimate of drug-likeness (QED) is 0.787. The first-order valence-corrected chi connectivity index (χ1v) is 10.9. The van der Waals surface area contributed by atoms with Crippen LogP contribution in [0, 0.1) is 6.92 Å². The summed E-state index contributed by atoms with van der Waals surface area (Å²) in [5.41, 5.74) is 1.56. The minimum atomic E-state index is -3.65. The van der Waals surface area contributed by atoms with E-state index in [9.17, 15) is 13.2 Å². The van der Waals surface area contributed by atoms with Gasteiger partial charge in [-0.05, 0) is 61.7 Å². The molecule has 0 aliphatic carbocycles. The number of sulfonamides is 1. The van der Waals surface area contributed by atoms with E-state index in [0.29, 0.717) is 29.5 Å². The SMILES string of the molecule is COc1ccc(S(=O)(=O)N2CCCCC2)cc1C(=O)Nc1ccc(Cl)cc1C. The number of benzene rings is 2. The summed E-state index contributed by atoms with van der Waals surface area (Å²) in [6.45, 7) is 2.83. The Morgan fingerprint density at radius 2 is 1.82 bits per heavy atom. The highest BCUT2D eigenvalue weighted by molar-refractivity contribution is 7.89. The summed E-state index contributed by atoms with van der Waals surface area (Å²) in [5.74, 6) is -0.139. The molecule has 1 N–H and O–H groups in total. The van der Waals surface area contributed by atoms with Crippen molar-refractivity contribution in [3.8, 4) is 5.75 Å². The first-order chi connectivity index (χ1) is 13.3. The van der Waals surface area contributed by atoms with E-state index < -0.39 is 15.9 Å². The molecule has 1 amide bonds. The minimum absolute atomic E-state index is 0.0909. The molecule has 3 rings (SSSR count). The van der Waals surface area contributed by atoms with Crippen LogP contribution in [-0.4, -0.2) is 38.8 Å². The van der Waals surface area contributed by atoms with Crippen LogP contribution < -0.4 is 10.1 Å². The van der Waals surface area contributed by atoms with Gasteiger partial charge in [-0.3, -0.25) is 4.79 Å². The lowest BCUT2D eigenvalue weighted by Crippen LogP contribution is -2.35. The molecule has 28 heavy (non-hydrogen) atoms. The molecule has 8 heteroatoms. The average molecular weight is 423 g/mol. The second kappa shape index (κ2) is 8.51. The number of piperidine rings is 1. The maximum absolute atomic E-state index is 13.0. The van der Waals surface area contributed by atoms with Gasteiger partial charge in [0.25, 0.3) is 5.91 Å². The van der Waals surface area contributed by atoms with Gasteiger partial charge in [0.05, 0.1) is 17.6 Å². The molecule has 0 saturated carbocycles. The first-order valence-electron chi connectivity index (χ1n) is 9.08. The molecule has 150 valence electrons. The lowest BCUT2D eigenvalue weighted by Gasteiger charge is -2.26. The summed E-state index contributed by atoms with van der Waals surface area (Å²) in [5, 5.41) is 3.37. The Hall–Kier alpha value is -2.09. The van der Waals surface area contributed by atoms with Gasteiger partial charge in [-0.25, -0.2) is 8.42 Å². The fraction of sp³-hybridized carbons (Fsp3) is 0.350. The number of ether oxygens (including phenoxy) is 1. The highest BCUT2D eigenvalue weighted by Gasteiger charge is 2.27. The van der Waals surface area contributed by atoms with Crippen molar-refractivity contribution in [2.24, 2.45) is 0 Å². The van der Waals surface area contributed by atoms with Crippen molar-refractivity contribution in [3.63, 3.8) is 0 Å². The van der Waals surface area contributed by atoms with E-state index in [1.165, 1.54) is 29.6 Å². The second-order valence-corrected chi connectivity index (χ2v) is 9.11. The van der Waals surface area contributed by atoms with Crippen LogP contribution in [0.25, 0.3) is 0 Å². The highest BCUT2D eigenvalue weighted by atomic mass is 35.5. The lowest BCUT2D eigenvalue weighted by molar-refractivity contribution is 0.102. The number of amides is 1. The van der Waals surface area contributed by atoms with Crippen molar-refractivity contribution in [2.75, 3.05) is 25.5 Å². The molecule has 0 spiro atoms. The summed E-state index contributed by atoms with van der Waals surface area (Å²) in [6, 6.07) is 9.50. The van der Waals surface area contributed by atoms with Crippen LogP contribution in [0.2, 0.25) is 5.02 Å². The standard InChI is InChI=1S/C20H23ClN2O4S/c1-14-12-15(21)6-8-18(14)22-20(24)17-13-16(7-9-19(17)27-2)28(25,26)23-10-4-3-5-11-23/h6-9,12-13H,3-5,10-11H2,1-2H3,(H,22,24). The minimum Gasteiger partial charge on any atom is -0.496 e. The predicted molar refractivity (Wildman–Crippen MR) is 110 cm³/mol. The van der Waals surface area contributed by atoms with Crippen LogP contribution in [-0.2, 0) is 10.0 Å². The van der Waals surface area contributed by atoms with Gasteiger partial charge < -0.3 is 10.1 Å². The fourth-order valence-corrected chi connectivity index (χ4v) is 5.01. The Morgan fingerprint density at radius 1 is 1.11 bits per heavy atom. The van der Waals surface area contributed by atoms with Crippen LogP contribution in [0.15, 0.2) is 41.3 Å². The Balaban J connectivity index is 1.93. The Kier molecular flexibility index (Phi) is 6.27. The number of hydrogen-bond acceptors (Lipinski definition) is 4. The van der Waals surface area contributed by atoms with Crippen LogP contribution >= 0.6 is 11.6 Å². The number of aryl methyl sites for hydroxylation is 1. The third-order valence-electron chi connectivity index (χ3n) is 4.81. The molecule has 0 unspecified atom stereocenters. The van der Waals surface area contributed by atoms with Gasteiger partial charge in [0.15, 0.2) is 0 Å². The van der Waals surface area contributed by atoms with E-state index in [0.717, 1.165) is 24.8 Å². The van der Waals surface area contributed by atoms with Gasteiger partial charge in [-0.15, -0.1) is 0 Å². The van der Waals surface area contributed by atoms with E-state index in [1.807, 2.05) is 6.92 Å². The van der Waals surface area contributed by atoms with E-state index >= 15 is 0 Å². The van der Waals surface area contributed by atoms with Gasteiger partial charge in [0.2, 0.25) is 10.0 Å². The number of halogens is 1. The van der Waals surface area contributed by atoms with Gasteiger partial charge >= 0.3 is 0 Å². The Bertz CT molecular complexity index is 986. The molecule has 0 radical (unpaired) electrons. The molecule has 1 saturated heterocycles. The Morgan fingerprint density at radius 3 is 2.46 bits per heavy atom. The van der Waals surface area contributed by atoms with Crippen molar-refractivity contribution in [1.29, 1.82) is 0 Å². The molecule has 0 atom stereocenters. The number of nitrogens with zero attached hydrogens (tertiary/aromatic N) is 1. The largest absolute Gasteiger partial charge is 0.496 e. The second-order valence-electron chi connectivity index (χ2n) is 6.74. The van der Waals surface area contributed by atoms with Crippen LogP contribution in [0.4, 0.5) is 5.69 Å². The normalized spacial score (nSPS) is 15.2. The van der Waals surface area contributed by atoms with Crippen molar-refractivity contribution in [2.45, 2.75) is 31.1 Å². The zero-order chi connectivity index (χ0) is 20.3. The molecule has 1 fully saturated rings. The predicted octanol–water partition coefficient (Wildman–Crippen LogP) is 4.08. The fourth-order valence-electron chi connectivity index (χ4n) is 3.24. The average Bonchev–Trinajstić information content (AvgIpc) is 2.70. The maximum Gasteiger partial charge on any atom is 0.259 e. The van der Waals surface area contributed by atoms with E-state index in [4.69, 9.17) is 16.3 Å². The lowest BCUT2D eigenvalue weighted by atomic mass is 10.1. The summed E-state index contributed by atoms with van der Waals surface area (Å²) in [4.78, 5) is 12.9. The van der Waals surface area contributed by atoms with E-state index in [2.05, 4.69) is 5.32 Å². The van der Waals surface area contributed by atoms with Crippen molar-refractivity contribution in [3.05, 3.63) is 52.5 Å². The summed E-state index contributed by atoms with van der Waals surface area (Å²) >= 11 is 5.96. The molecule has 0 aromatic heterocycles. The molecular weight excluding hydrogens is 400 g/mol. The highest BCUT2D eigenvalue weighted by Crippen LogP contribution is 2.28. The topological polar surface area (TPSA) is 75.7 Å². The van der Waals surface area contributed by atoms with Crippen molar-refractivity contribution in [1.82, 2.24) is 4.31 Å². The number of nitrogens with one attached hydrogen (secondary N) is 1. The monoisotopic (exact) mass is 422 g/mol. The van der Waals surface area contributed by atoms with Crippen LogP contribution in [0.5, 0.6) is 5.75 Å². The van der Waals surface area contributed by atoms with Crippen LogP contribution in [0.3, 0.4) is 0 Å².